The van der Waals surface area contributed by atoms with E-state index >= 15 is 0 Å². The average molecular weight is 198 g/mol. The van der Waals surface area contributed by atoms with Gasteiger partial charge in [-0.25, -0.2) is 0 Å². The SMILES string of the molecule is C=CCNCC(=O)NC1(C)CCOC1. The first kappa shape index (κ1) is 11.2. The van der Waals surface area contributed by atoms with Gasteiger partial charge in [-0.1, -0.05) is 6.08 Å². The van der Waals surface area contributed by atoms with Crippen LogP contribution in [0.15, 0.2) is 12.7 Å². The molecule has 4 heteroatoms. The highest BCUT2D eigenvalue weighted by Gasteiger charge is 2.30. The second-order valence-electron chi connectivity index (χ2n) is 3.83. The first-order valence-electron chi connectivity index (χ1n) is 4.87. The molecule has 80 valence electrons. The summed E-state index contributed by atoms with van der Waals surface area (Å²) in [5.41, 5.74) is -0.174. The van der Waals surface area contributed by atoms with Crippen molar-refractivity contribution < 1.29 is 9.53 Å². The Morgan fingerprint density at radius 1 is 1.71 bits per heavy atom. The van der Waals surface area contributed by atoms with Crippen molar-refractivity contribution in [1.82, 2.24) is 10.6 Å². The highest BCUT2D eigenvalue weighted by molar-refractivity contribution is 5.78. The molecule has 0 saturated carbocycles. The summed E-state index contributed by atoms with van der Waals surface area (Å²) in [7, 11) is 0. The standard InChI is InChI=1S/C10H18N2O2/c1-3-5-11-7-9(13)12-10(2)4-6-14-8-10/h3,11H,1,4-8H2,2H3,(H,12,13). The molecule has 0 aliphatic carbocycles. The van der Waals surface area contributed by atoms with E-state index in [1.54, 1.807) is 6.08 Å². The van der Waals surface area contributed by atoms with Gasteiger partial charge in [-0.05, 0) is 13.3 Å². The van der Waals surface area contributed by atoms with Crippen molar-refractivity contribution in [3.63, 3.8) is 0 Å². The van der Waals surface area contributed by atoms with Gasteiger partial charge in [0.25, 0.3) is 0 Å². The Hall–Kier alpha value is -0.870. The molecule has 1 amide bonds. The predicted octanol–water partition coefficient (Wildman–Crippen LogP) is 0.0572. The van der Waals surface area contributed by atoms with Crippen LogP contribution in [-0.4, -0.2) is 37.7 Å². The molecule has 0 spiro atoms. The summed E-state index contributed by atoms with van der Waals surface area (Å²) in [4.78, 5) is 11.4. The molecule has 1 heterocycles. The number of rotatable bonds is 5. The van der Waals surface area contributed by atoms with Crippen molar-refractivity contribution in [2.45, 2.75) is 18.9 Å². The van der Waals surface area contributed by atoms with E-state index in [-0.39, 0.29) is 11.4 Å². The third-order valence-corrected chi connectivity index (χ3v) is 2.23. The number of hydrogen-bond acceptors (Lipinski definition) is 3. The second kappa shape index (κ2) is 5.12. The lowest BCUT2D eigenvalue weighted by molar-refractivity contribution is -0.122. The van der Waals surface area contributed by atoms with Crippen molar-refractivity contribution in [1.29, 1.82) is 0 Å². The van der Waals surface area contributed by atoms with Crippen LogP contribution in [0.5, 0.6) is 0 Å². The van der Waals surface area contributed by atoms with Crippen molar-refractivity contribution >= 4 is 5.91 Å². The van der Waals surface area contributed by atoms with Gasteiger partial charge in [-0.2, -0.15) is 0 Å². The quantitative estimate of drug-likeness (QED) is 0.485. The average Bonchev–Trinajstić information content (AvgIpc) is 2.52. The third kappa shape index (κ3) is 3.47. The first-order valence-corrected chi connectivity index (χ1v) is 4.87. The predicted molar refractivity (Wildman–Crippen MR) is 55.1 cm³/mol. The molecule has 4 nitrogen and oxygen atoms in total. The van der Waals surface area contributed by atoms with Gasteiger partial charge >= 0.3 is 0 Å². The zero-order valence-electron chi connectivity index (χ0n) is 8.64. The van der Waals surface area contributed by atoms with Crippen LogP contribution in [0.3, 0.4) is 0 Å². The molecule has 14 heavy (non-hydrogen) atoms. The van der Waals surface area contributed by atoms with Crippen LogP contribution in [0.25, 0.3) is 0 Å². The molecule has 1 aliphatic heterocycles. The van der Waals surface area contributed by atoms with Crippen LogP contribution in [0, 0.1) is 0 Å². The summed E-state index contributed by atoms with van der Waals surface area (Å²) in [6.45, 7) is 7.90. The zero-order valence-corrected chi connectivity index (χ0v) is 8.64. The molecule has 1 rings (SSSR count). The third-order valence-electron chi connectivity index (χ3n) is 2.23. The van der Waals surface area contributed by atoms with E-state index in [2.05, 4.69) is 17.2 Å². The molecule has 1 atom stereocenters. The minimum Gasteiger partial charge on any atom is -0.379 e. The fourth-order valence-electron chi connectivity index (χ4n) is 1.43. The minimum absolute atomic E-state index is 0.0138. The Balaban J connectivity index is 2.22. The van der Waals surface area contributed by atoms with Crippen molar-refractivity contribution in [3.8, 4) is 0 Å². The molecule has 1 aliphatic rings. The summed E-state index contributed by atoms with van der Waals surface area (Å²) in [5.74, 6) is 0.0138. The van der Waals surface area contributed by atoms with Crippen LogP contribution in [0.1, 0.15) is 13.3 Å². The highest BCUT2D eigenvalue weighted by Crippen LogP contribution is 2.16. The number of nitrogens with one attached hydrogen (secondary N) is 2. The summed E-state index contributed by atoms with van der Waals surface area (Å²) < 4.78 is 5.24. The number of ether oxygens (including phenoxy) is 1. The Bertz CT molecular complexity index is 210. The second-order valence-corrected chi connectivity index (χ2v) is 3.83. The van der Waals surface area contributed by atoms with Crippen molar-refractivity contribution in [2.24, 2.45) is 0 Å². The van der Waals surface area contributed by atoms with Gasteiger partial charge in [0.15, 0.2) is 0 Å². The largest absolute Gasteiger partial charge is 0.379 e. The fraction of sp³-hybridized carbons (Fsp3) is 0.700. The van der Waals surface area contributed by atoms with Crippen LogP contribution in [0.4, 0.5) is 0 Å². The van der Waals surface area contributed by atoms with Crippen LogP contribution < -0.4 is 10.6 Å². The van der Waals surface area contributed by atoms with Crippen LogP contribution in [-0.2, 0) is 9.53 Å². The van der Waals surface area contributed by atoms with E-state index in [1.165, 1.54) is 0 Å². The van der Waals surface area contributed by atoms with E-state index in [9.17, 15) is 4.79 Å². The van der Waals surface area contributed by atoms with Crippen LogP contribution in [0.2, 0.25) is 0 Å². The van der Waals surface area contributed by atoms with Crippen molar-refractivity contribution in [3.05, 3.63) is 12.7 Å². The summed E-state index contributed by atoms with van der Waals surface area (Å²) >= 11 is 0. The molecule has 1 unspecified atom stereocenters. The van der Waals surface area contributed by atoms with Crippen LogP contribution >= 0.6 is 0 Å². The van der Waals surface area contributed by atoms with E-state index in [0.717, 1.165) is 13.0 Å². The van der Waals surface area contributed by atoms with Gasteiger partial charge in [-0.3, -0.25) is 4.79 Å². The zero-order chi connectivity index (χ0) is 10.4. The topological polar surface area (TPSA) is 50.4 Å². The molecular weight excluding hydrogens is 180 g/mol. The van der Waals surface area contributed by atoms with Gasteiger partial charge in [0.05, 0.1) is 18.7 Å². The van der Waals surface area contributed by atoms with Gasteiger partial charge < -0.3 is 15.4 Å². The number of amides is 1. The van der Waals surface area contributed by atoms with E-state index in [0.29, 0.717) is 19.7 Å². The molecule has 0 radical (unpaired) electrons. The molecule has 2 N–H and O–H groups in total. The maximum atomic E-state index is 11.4. The summed E-state index contributed by atoms with van der Waals surface area (Å²) in [5, 5.41) is 5.91. The molecule has 0 aromatic carbocycles. The Morgan fingerprint density at radius 3 is 3.07 bits per heavy atom. The van der Waals surface area contributed by atoms with E-state index < -0.39 is 0 Å². The monoisotopic (exact) mass is 198 g/mol. The Kier molecular flexibility index (Phi) is 4.10. The number of carbonyl (C=O) groups is 1. The smallest absolute Gasteiger partial charge is 0.234 e. The molecule has 0 bridgehead atoms. The van der Waals surface area contributed by atoms with Gasteiger partial charge in [0, 0.05) is 13.2 Å². The molecule has 1 fully saturated rings. The van der Waals surface area contributed by atoms with E-state index in [4.69, 9.17) is 4.74 Å². The lowest BCUT2D eigenvalue weighted by Crippen LogP contribution is -2.49. The van der Waals surface area contributed by atoms with Gasteiger partial charge in [0.2, 0.25) is 5.91 Å². The summed E-state index contributed by atoms with van der Waals surface area (Å²) in [6.07, 6.45) is 2.62. The Morgan fingerprint density at radius 2 is 2.50 bits per heavy atom. The van der Waals surface area contributed by atoms with E-state index in [1.807, 2.05) is 6.92 Å². The highest BCUT2D eigenvalue weighted by atomic mass is 16.5. The van der Waals surface area contributed by atoms with Gasteiger partial charge in [-0.15, -0.1) is 6.58 Å². The van der Waals surface area contributed by atoms with Gasteiger partial charge in [0.1, 0.15) is 0 Å². The number of hydrogen-bond donors (Lipinski definition) is 2. The number of carbonyl (C=O) groups excluding carboxylic acids is 1. The van der Waals surface area contributed by atoms with Crippen molar-refractivity contribution in [2.75, 3.05) is 26.3 Å². The lowest BCUT2D eigenvalue weighted by atomic mass is 10.0. The molecular formula is C10H18N2O2. The fourth-order valence-corrected chi connectivity index (χ4v) is 1.43. The molecule has 0 aromatic heterocycles. The maximum absolute atomic E-state index is 11.4. The Labute approximate surface area is 84.7 Å². The first-order chi connectivity index (χ1) is 6.66. The molecule has 1 saturated heterocycles. The normalized spacial score (nSPS) is 26.1. The minimum atomic E-state index is -0.174. The lowest BCUT2D eigenvalue weighted by Gasteiger charge is -2.23. The molecule has 0 aromatic rings. The summed E-state index contributed by atoms with van der Waals surface area (Å²) in [6, 6.07) is 0. The maximum Gasteiger partial charge on any atom is 0.234 e.